The van der Waals surface area contributed by atoms with Gasteiger partial charge in [0.25, 0.3) is 0 Å². The quantitative estimate of drug-likeness (QED) is 0.603. The molecule has 0 unspecified atom stereocenters. The molecule has 1 fully saturated rings. The molecule has 0 saturated heterocycles. The molecule has 6 heteroatoms. The van der Waals surface area contributed by atoms with Crippen molar-refractivity contribution in [2.45, 2.75) is 51.7 Å². The average Bonchev–Trinajstić information content (AvgIpc) is 2.62. The molecule has 142 valence electrons. The molecule has 0 aromatic heterocycles. The molecule has 0 aliphatic heterocycles. The monoisotopic (exact) mass is 360 g/mol. The Morgan fingerprint density at radius 1 is 1.23 bits per heavy atom. The van der Waals surface area contributed by atoms with Crippen LogP contribution in [0.15, 0.2) is 24.3 Å². The Morgan fingerprint density at radius 2 is 1.96 bits per heavy atom. The number of hydrogen-bond acceptors (Lipinski definition) is 4. The number of carbonyl (C=O) groups is 2. The molecule has 0 spiro atoms. The molecule has 2 rings (SSSR count). The molecule has 1 saturated carbocycles. The Labute approximate surface area is 154 Å². The van der Waals surface area contributed by atoms with E-state index < -0.39 is 0 Å². The lowest BCUT2D eigenvalue weighted by Crippen LogP contribution is -2.44. The Bertz CT molecular complexity index is 649. The molecule has 0 heterocycles. The van der Waals surface area contributed by atoms with Crippen molar-refractivity contribution in [3.63, 3.8) is 0 Å². The van der Waals surface area contributed by atoms with E-state index in [4.69, 9.17) is 9.47 Å². The van der Waals surface area contributed by atoms with Crippen LogP contribution in [0.4, 0.5) is 4.79 Å². The van der Waals surface area contributed by atoms with Crippen molar-refractivity contribution in [3.8, 4) is 5.75 Å². The van der Waals surface area contributed by atoms with Crippen molar-refractivity contribution in [3.05, 3.63) is 35.4 Å². The third-order valence-corrected chi connectivity index (χ3v) is 4.41. The van der Waals surface area contributed by atoms with Crippen molar-refractivity contribution >= 4 is 18.1 Å². The normalized spacial score (nSPS) is 19.8. The predicted molar refractivity (Wildman–Crippen MR) is 101 cm³/mol. The summed E-state index contributed by atoms with van der Waals surface area (Å²) >= 11 is 0. The lowest BCUT2D eigenvalue weighted by atomic mass is 9.93. The summed E-state index contributed by atoms with van der Waals surface area (Å²) in [6.45, 7) is 4.48. The topological polar surface area (TPSA) is 76.7 Å². The SMILES string of the molecule is CCNC(=O)NC1CCC(OC(=O)/C=C/c2cc(C)ccc2OC)CC1. The maximum absolute atomic E-state index is 12.1. The van der Waals surface area contributed by atoms with Crippen LogP contribution < -0.4 is 15.4 Å². The maximum Gasteiger partial charge on any atom is 0.331 e. The van der Waals surface area contributed by atoms with Gasteiger partial charge in [0.15, 0.2) is 0 Å². The smallest absolute Gasteiger partial charge is 0.331 e. The van der Waals surface area contributed by atoms with Crippen molar-refractivity contribution in [2.75, 3.05) is 13.7 Å². The number of urea groups is 1. The zero-order valence-corrected chi connectivity index (χ0v) is 15.7. The summed E-state index contributed by atoms with van der Waals surface area (Å²) in [5.41, 5.74) is 1.94. The number of amides is 2. The molecule has 0 bridgehead atoms. The second kappa shape index (κ2) is 9.85. The molecule has 0 radical (unpaired) electrons. The third-order valence-electron chi connectivity index (χ3n) is 4.41. The van der Waals surface area contributed by atoms with E-state index >= 15 is 0 Å². The van der Waals surface area contributed by atoms with Gasteiger partial charge >= 0.3 is 12.0 Å². The fraction of sp³-hybridized carbons (Fsp3) is 0.500. The number of rotatable bonds is 6. The predicted octanol–water partition coefficient (Wildman–Crippen LogP) is 3.19. The van der Waals surface area contributed by atoms with Crippen LogP contribution in [0.5, 0.6) is 5.75 Å². The van der Waals surface area contributed by atoms with Crippen LogP contribution in [-0.4, -0.2) is 37.8 Å². The molecule has 1 aromatic carbocycles. The Balaban J connectivity index is 1.80. The molecule has 2 amide bonds. The summed E-state index contributed by atoms with van der Waals surface area (Å²) in [5.74, 6) is 0.366. The number of esters is 1. The highest BCUT2D eigenvalue weighted by Gasteiger charge is 2.24. The standard InChI is InChI=1S/C20H28N2O4/c1-4-21-20(24)22-16-7-9-17(10-8-16)26-19(23)12-6-15-13-14(2)5-11-18(15)25-3/h5-6,11-13,16-17H,4,7-10H2,1-3H3,(H2,21,22,24)/b12-6+. The number of aryl methyl sites for hydroxylation is 1. The van der Waals surface area contributed by atoms with Crippen LogP contribution in [0.2, 0.25) is 0 Å². The lowest BCUT2D eigenvalue weighted by molar-refractivity contribution is -0.144. The van der Waals surface area contributed by atoms with Gasteiger partial charge in [-0.2, -0.15) is 0 Å². The second-order valence-electron chi connectivity index (χ2n) is 6.49. The minimum absolute atomic E-state index is 0.0983. The van der Waals surface area contributed by atoms with Gasteiger partial charge in [0, 0.05) is 24.2 Å². The van der Waals surface area contributed by atoms with Gasteiger partial charge in [0.2, 0.25) is 0 Å². The zero-order chi connectivity index (χ0) is 18.9. The van der Waals surface area contributed by atoms with E-state index in [0.29, 0.717) is 6.54 Å². The lowest BCUT2D eigenvalue weighted by Gasteiger charge is -2.28. The highest BCUT2D eigenvalue weighted by Crippen LogP contribution is 2.23. The largest absolute Gasteiger partial charge is 0.496 e. The second-order valence-corrected chi connectivity index (χ2v) is 6.49. The molecular weight excluding hydrogens is 332 g/mol. The molecule has 2 N–H and O–H groups in total. The summed E-state index contributed by atoms with van der Waals surface area (Å²) in [5, 5.41) is 5.67. The summed E-state index contributed by atoms with van der Waals surface area (Å²) in [6.07, 6.45) is 6.19. The minimum Gasteiger partial charge on any atom is -0.496 e. The molecule has 0 atom stereocenters. The van der Waals surface area contributed by atoms with E-state index in [1.54, 1.807) is 13.2 Å². The summed E-state index contributed by atoms with van der Waals surface area (Å²) < 4.78 is 10.8. The van der Waals surface area contributed by atoms with E-state index in [1.165, 1.54) is 6.08 Å². The summed E-state index contributed by atoms with van der Waals surface area (Å²) in [7, 11) is 1.60. The van der Waals surface area contributed by atoms with Crippen molar-refractivity contribution in [2.24, 2.45) is 0 Å². The highest BCUT2D eigenvalue weighted by molar-refractivity contribution is 5.87. The van der Waals surface area contributed by atoms with E-state index in [2.05, 4.69) is 10.6 Å². The van der Waals surface area contributed by atoms with Crippen LogP contribution >= 0.6 is 0 Å². The number of hydrogen-bond donors (Lipinski definition) is 2. The van der Waals surface area contributed by atoms with Crippen LogP contribution in [0, 0.1) is 6.92 Å². The van der Waals surface area contributed by atoms with Gasteiger partial charge in [0.1, 0.15) is 11.9 Å². The average molecular weight is 360 g/mol. The van der Waals surface area contributed by atoms with Gasteiger partial charge < -0.3 is 20.1 Å². The number of carbonyl (C=O) groups excluding carboxylic acids is 2. The van der Waals surface area contributed by atoms with E-state index in [1.807, 2.05) is 32.0 Å². The fourth-order valence-corrected chi connectivity index (χ4v) is 3.07. The first-order chi connectivity index (χ1) is 12.5. The van der Waals surface area contributed by atoms with Gasteiger partial charge in [-0.05, 0) is 57.7 Å². The van der Waals surface area contributed by atoms with Gasteiger partial charge in [-0.15, -0.1) is 0 Å². The van der Waals surface area contributed by atoms with Gasteiger partial charge in [-0.25, -0.2) is 9.59 Å². The first-order valence-electron chi connectivity index (χ1n) is 9.09. The fourth-order valence-electron chi connectivity index (χ4n) is 3.07. The molecular formula is C20H28N2O4. The van der Waals surface area contributed by atoms with Crippen LogP contribution in [0.1, 0.15) is 43.7 Å². The Hall–Kier alpha value is -2.50. The summed E-state index contributed by atoms with van der Waals surface area (Å²) in [4.78, 5) is 23.6. The zero-order valence-electron chi connectivity index (χ0n) is 15.7. The minimum atomic E-state index is -0.353. The number of methoxy groups -OCH3 is 1. The van der Waals surface area contributed by atoms with E-state index in [0.717, 1.165) is 42.6 Å². The number of ether oxygens (including phenoxy) is 2. The first kappa shape index (κ1) is 19.8. The molecule has 1 aliphatic rings. The molecule has 1 aromatic rings. The first-order valence-corrected chi connectivity index (χ1v) is 9.09. The Morgan fingerprint density at radius 3 is 2.62 bits per heavy atom. The summed E-state index contributed by atoms with van der Waals surface area (Å²) in [6, 6.07) is 5.80. The van der Waals surface area contributed by atoms with E-state index in [-0.39, 0.29) is 24.1 Å². The third kappa shape index (κ3) is 6.10. The van der Waals surface area contributed by atoms with Crippen LogP contribution in [-0.2, 0) is 9.53 Å². The van der Waals surface area contributed by atoms with E-state index in [9.17, 15) is 9.59 Å². The number of nitrogens with one attached hydrogen (secondary N) is 2. The van der Waals surface area contributed by atoms with Gasteiger partial charge in [-0.3, -0.25) is 0 Å². The Kier molecular flexibility index (Phi) is 7.51. The van der Waals surface area contributed by atoms with Crippen LogP contribution in [0.3, 0.4) is 0 Å². The van der Waals surface area contributed by atoms with Crippen molar-refractivity contribution in [1.29, 1.82) is 0 Å². The van der Waals surface area contributed by atoms with Crippen LogP contribution in [0.25, 0.3) is 6.08 Å². The van der Waals surface area contributed by atoms with Gasteiger partial charge in [-0.1, -0.05) is 11.6 Å². The molecule has 1 aliphatic carbocycles. The van der Waals surface area contributed by atoms with Crippen molar-refractivity contribution in [1.82, 2.24) is 10.6 Å². The maximum atomic E-state index is 12.1. The molecule has 6 nitrogen and oxygen atoms in total. The van der Waals surface area contributed by atoms with Gasteiger partial charge in [0.05, 0.1) is 7.11 Å². The molecule has 26 heavy (non-hydrogen) atoms. The highest BCUT2D eigenvalue weighted by atomic mass is 16.5. The number of benzene rings is 1. The van der Waals surface area contributed by atoms with Crippen molar-refractivity contribution < 1.29 is 19.1 Å².